The lowest BCUT2D eigenvalue weighted by atomic mass is 9.83. The van der Waals surface area contributed by atoms with Gasteiger partial charge < -0.3 is 5.11 Å². The second-order valence-corrected chi connectivity index (χ2v) is 8.31. The van der Waals surface area contributed by atoms with Crippen LogP contribution in [0.3, 0.4) is 0 Å². The van der Waals surface area contributed by atoms with Gasteiger partial charge in [-0.2, -0.15) is 0 Å². The van der Waals surface area contributed by atoms with E-state index >= 15 is 0 Å². The third-order valence-electron chi connectivity index (χ3n) is 3.77. The fraction of sp³-hybridized carbons (Fsp3) is 0.692. The molecule has 0 radical (unpaired) electrons. The summed E-state index contributed by atoms with van der Waals surface area (Å²) in [6, 6.07) is 1.54. The molecule has 0 bridgehead atoms. The monoisotopic (exact) mass is 303 g/mol. The maximum Gasteiger partial charge on any atom is 0.250 e. The van der Waals surface area contributed by atoms with Gasteiger partial charge in [0, 0.05) is 6.54 Å². The molecule has 0 aromatic carbocycles. The smallest absolute Gasteiger partial charge is 0.250 e. The van der Waals surface area contributed by atoms with E-state index in [-0.39, 0.29) is 6.61 Å². The Balaban J connectivity index is 1.90. The molecular weight excluding hydrogens is 282 g/mol. The number of thiophene rings is 1. The molecule has 2 rings (SSSR count). The van der Waals surface area contributed by atoms with Crippen molar-refractivity contribution in [3.63, 3.8) is 0 Å². The lowest BCUT2D eigenvalue weighted by Crippen LogP contribution is -2.30. The van der Waals surface area contributed by atoms with Crippen molar-refractivity contribution in [3.05, 3.63) is 17.0 Å². The molecule has 0 unspecified atom stereocenters. The molecule has 1 heterocycles. The van der Waals surface area contributed by atoms with E-state index in [1.807, 2.05) is 0 Å². The molecule has 0 amide bonds. The highest BCUT2D eigenvalue weighted by Crippen LogP contribution is 2.28. The van der Waals surface area contributed by atoms with Gasteiger partial charge in [-0.05, 0) is 41.7 Å². The first-order valence-corrected chi connectivity index (χ1v) is 9.05. The van der Waals surface area contributed by atoms with E-state index in [2.05, 4.69) is 11.6 Å². The van der Waals surface area contributed by atoms with Gasteiger partial charge >= 0.3 is 0 Å². The zero-order valence-corrected chi connectivity index (χ0v) is 12.8. The summed E-state index contributed by atoms with van der Waals surface area (Å²) in [5.74, 6) is 1.24. The first-order valence-electron chi connectivity index (χ1n) is 6.69. The van der Waals surface area contributed by atoms with Gasteiger partial charge in [0.25, 0.3) is 0 Å². The van der Waals surface area contributed by atoms with Gasteiger partial charge in [-0.25, -0.2) is 13.1 Å². The Bertz CT molecular complexity index is 502. The van der Waals surface area contributed by atoms with Gasteiger partial charge in [0.2, 0.25) is 10.0 Å². The van der Waals surface area contributed by atoms with Crippen LogP contribution in [0.4, 0.5) is 0 Å². The van der Waals surface area contributed by atoms with Crippen LogP contribution in [0.5, 0.6) is 0 Å². The lowest BCUT2D eigenvalue weighted by Gasteiger charge is -2.26. The normalized spacial score (nSPS) is 24.5. The van der Waals surface area contributed by atoms with Crippen LogP contribution in [-0.2, 0) is 16.6 Å². The first kappa shape index (κ1) is 15.0. The summed E-state index contributed by atoms with van der Waals surface area (Å²) in [4.78, 5) is 0. The molecule has 6 heteroatoms. The summed E-state index contributed by atoms with van der Waals surface area (Å²) < 4.78 is 27.2. The number of nitrogens with one attached hydrogen (secondary N) is 1. The van der Waals surface area contributed by atoms with Crippen molar-refractivity contribution in [1.82, 2.24) is 4.72 Å². The third-order valence-corrected chi connectivity index (χ3v) is 6.69. The standard InChI is InChI=1S/C13H21NO3S2/c1-10-2-4-11(5-3-10)7-14-19(16,17)13-6-12(8-15)9-18-13/h6,9-11,14-15H,2-5,7-8H2,1H3. The van der Waals surface area contributed by atoms with Gasteiger partial charge in [0.05, 0.1) is 6.61 Å². The van der Waals surface area contributed by atoms with E-state index < -0.39 is 10.0 Å². The quantitative estimate of drug-likeness (QED) is 0.877. The van der Waals surface area contributed by atoms with Crippen LogP contribution in [-0.4, -0.2) is 20.1 Å². The Morgan fingerprint density at radius 2 is 2.05 bits per heavy atom. The summed E-state index contributed by atoms with van der Waals surface area (Å²) in [6.45, 7) is 2.66. The SMILES string of the molecule is CC1CCC(CNS(=O)(=O)c2cc(CO)cs2)CC1. The van der Waals surface area contributed by atoms with E-state index in [4.69, 9.17) is 5.11 Å². The topological polar surface area (TPSA) is 66.4 Å². The molecular formula is C13H21NO3S2. The van der Waals surface area contributed by atoms with Crippen LogP contribution < -0.4 is 4.72 Å². The number of aliphatic hydroxyl groups excluding tert-OH is 1. The molecule has 108 valence electrons. The molecule has 4 nitrogen and oxygen atoms in total. The molecule has 0 saturated heterocycles. The van der Waals surface area contributed by atoms with Gasteiger partial charge in [-0.15, -0.1) is 11.3 Å². The van der Waals surface area contributed by atoms with E-state index in [0.717, 1.165) is 30.1 Å². The summed E-state index contributed by atoms with van der Waals surface area (Å²) in [5, 5.41) is 10.6. The number of hydrogen-bond donors (Lipinski definition) is 2. The highest BCUT2D eigenvalue weighted by atomic mass is 32.2. The van der Waals surface area contributed by atoms with Crippen LogP contribution >= 0.6 is 11.3 Å². The van der Waals surface area contributed by atoms with Crippen LogP contribution in [0.2, 0.25) is 0 Å². The van der Waals surface area contributed by atoms with E-state index in [1.54, 1.807) is 5.38 Å². The van der Waals surface area contributed by atoms with Crippen molar-refractivity contribution >= 4 is 21.4 Å². The molecule has 0 aliphatic heterocycles. The second kappa shape index (κ2) is 6.35. The lowest BCUT2D eigenvalue weighted by molar-refractivity contribution is 0.282. The van der Waals surface area contributed by atoms with Crippen molar-refractivity contribution in [2.24, 2.45) is 11.8 Å². The third kappa shape index (κ3) is 4.02. The average Bonchev–Trinajstić information content (AvgIpc) is 2.88. The second-order valence-electron chi connectivity index (χ2n) is 5.41. The van der Waals surface area contributed by atoms with Gasteiger partial charge in [-0.1, -0.05) is 19.8 Å². The first-order chi connectivity index (χ1) is 9.01. The van der Waals surface area contributed by atoms with Crippen molar-refractivity contribution in [2.75, 3.05) is 6.54 Å². The average molecular weight is 303 g/mol. The molecule has 1 aromatic rings. The zero-order chi connectivity index (χ0) is 13.9. The summed E-state index contributed by atoms with van der Waals surface area (Å²) in [5.41, 5.74) is 0.650. The van der Waals surface area contributed by atoms with Crippen molar-refractivity contribution in [1.29, 1.82) is 0 Å². The number of hydrogen-bond acceptors (Lipinski definition) is 4. The molecule has 1 aliphatic carbocycles. The number of rotatable bonds is 5. The summed E-state index contributed by atoms with van der Waals surface area (Å²) in [7, 11) is -3.41. The zero-order valence-electron chi connectivity index (χ0n) is 11.1. The van der Waals surface area contributed by atoms with Crippen LogP contribution in [0.25, 0.3) is 0 Å². The minimum Gasteiger partial charge on any atom is -0.392 e. The van der Waals surface area contributed by atoms with Gasteiger partial charge in [-0.3, -0.25) is 0 Å². The summed E-state index contributed by atoms with van der Waals surface area (Å²) >= 11 is 1.16. The molecule has 0 atom stereocenters. The summed E-state index contributed by atoms with van der Waals surface area (Å²) in [6.07, 6.45) is 4.60. The Morgan fingerprint density at radius 1 is 1.37 bits per heavy atom. The minimum absolute atomic E-state index is 0.119. The Kier molecular flexibility index (Phi) is 5.00. The van der Waals surface area contributed by atoms with Crippen molar-refractivity contribution in [2.45, 2.75) is 43.4 Å². The van der Waals surface area contributed by atoms with E-state index in [1.165, 1.54) is 18.9 Å². The highest BCUT2D eigenvalue weighted by Gasteiger charge is 2.22. The van der Waals surface area contributed by atoms with Gasteiger partial charge in [0.1, 0.15) is 4.21 Å². The predicted molar refractivity (Wildman–Crippen MR) is 76.6 cm³/mol. The molecule has 1 aliphatic rings. The largest absolute Gasteiger partial charge is 0.392 e. The molecule has 1 aromatic heterocycles. The molecule has 2 N–H and O–H groups in total. The Labute approximate surface area is 118 Å². The van der Waals surface area contributed by atoms with Crippen molar-refractivity contribution < 1.29 is 13.5 Å². The number of sulfonamides is 1. The van der Waals surface area contributed by atoms with Gasteiger partial charge in [0.15, 0.2) is 0 Å². The van der Waals surface area contributed by atoms with Crippen molar-refractivity contribution in [3.8, 4) is 0 Å². The van der Waals surface area contributed by atoms with Crippen LogP contribution in [0, 0.1) is 11.8 Å². The fourth-order valence-electron chi connectivity index (χ4n) is 2.41. The number of aliphatic hydroxyl groups is 1. The molecule has 1 saturated carbocycles. The van der Waals surface area contributed by atoms with E-state index in [9.17, 15) is 8.42 Å². The van der Waals surface area contributed by atoms with Crippen LogP contribution in [0.15, 0.2) is 15.7 Å². The fourth-order valence-corrected chi connectivity index (χ4v) is 4.77. The Hall–Kier alpha value is -0.430. The molecule has 19 heavy (non-hydrogen) atoms. The molecule has 0 spiro atoms. The van der Waals surface area contributed by atoms with E-state index in [0.29, 0.717) is 22.2 Å². The molecule has 1 fully saturated rings. The minimum atomic E-state index is -3.41. The maximum atomic E-state index is 12.1. The maximum absolute atomic E-state index is 12.1. The van der Waals surface area contributed by atoms with Crippen LogP contribution in [0.1, 0.15) is 38.2 Å². The predicted octanol–water partition coefficient (Wildman–Crippen LogP) is 2.35. The Morgan fingerprint density at radius 3 is 2.63 bits per heavy atom. The highest BCUT2D eigenvalue weighted by molar-refractivity contribution is 7.91.